The van der Waals surface area contributed by atoms with E-state index < -0.39 is 14.7 Å². The summed E-state index contributed by atoms with van der Waals surface area (Å²) >= 11 is 0. The van der Waals surface area contributed by atoms with E-state index in [0.717, 1.165) is 0 Å². The second kappa shape index (κ2) is 3.07. The number of hydrogen-bond donors (Lipinski definition) is 0. The molecule has 10 heavy (non-hydrogen) atoms. The van der Waals surface area contributed by atoms with Gasteiger partial charge in [-0.15, -0.1) is 0 Å². The van der Waals surface area contributed by atoms with Crippen molar-refractivity contribution < 1.29 is 13.2 Å². The second-order valence-electron chi connectivity index (χ2n) is 2.65. The Morgan fingerprint density at radius 2 is 1.90 bits per heavy atom. The lowest BCUT2D eigenvalue weighted by molar-refractivity contribution is 0.0429. The first-order valence-corrected chi connectivity index (χ1v) is 5.22. The Labute approximate surface area is 65.7 Å². The molecule has 0 heterocycles. The maximum atomic E-state index is 10.5. The fourth-order valence-corrected chi connectivity index (χ4v) is 2.21. The van der Waals surface area contributed by atoms with E-state index >= 15 is 0 Å². The van der Waals surface area contributed by atoms with Crippen LogP contribution in [0.2, 0.25) is 0 Å². The highest BCUT2D eigenvalue weighted by Crippen LogP contribution is 2.13. The fraction of sp³-hybridized carbons (Fsp3) is 1.00. The molecule has 0 aromatic rings. The molecule has 0 rings (SSSR count). The van der Waals surface area contributed by atoms with Crippen molar-refractivity contribution >= 4 is 19.7 Å². The molecule has 0 amide bonds. The average Bonchev–Trinajstić information content (AvgIpc) is 1.60. The van der Waals surface area contributed by atoms with Gasteiger partial charge in [0.25, 0.3) is 0 Å². The quantitative estimate of drug-likeness (QED) is 0.618. The standard InChI is InChI=1S/C5H11ClO3S/c1-5(2,9-3)4-10(6,7)8/h4H2,1-3H3. The maximum Gasteiger partial charge on any atom is 0.235 e. The minimum atomic E-state index is -3.45. The van der Waals surface area contributed by atoms with Gasteiger partial charge in [0.1, 0.15) is 0 Å². The van der Waals surface area contributed by atoms with Crippen LogP contribution in [0.4, 0.5) is 0 Å². The molecule has 0 atom stereocenters. The molecule has 3 nitrogen and oxygen atoms in total. The molecule has 0 bridgehead atoms. The lowest BCUT2D eigenvalue weighted by atomic mass is 10.2. The first-order valence-electron chi connectivity index (χ1n) is 2.74. The molecule has 0 aliphatic carbocycles. The van der Waals surface area contributed by atoms with Gasteiger partial charge in [-0.1, -0.05) is 0 Å². The molecule has 0 fully saturated rings. The summed E-state index contributed by atoms with van der Waals surface area (Å²) in [4.78, 5) is 0. The van der Waals surface area contributed by atoms with Crippen molar-refractivity contribution in [3.8, 4) is 0 Å². The van der Waals surface area contributed by atoms with Crippen LogP contribution in [0.1, 0.15) is 13.8 Å². The fourth-order valence-electron chi connectivity index (χ4n) is 0.474. The Bertz CT molecular complexity index is 195. The Balaban J connectivity index is 4.16. The summed E-state index contributed by atoms with van der Waals surface area (Å²) in [6.45, 7) is 3.32. The van der Waals surface area contributed by atoms with Crippen molar-refractivity contribution in [3.63, 3.8) is 0 Å². The molecule has 0 spiro atoms. The molecule has 62 valence electrons. The van der Waals surface area contributed by atoms with E-state index in [9.17, 15) is 8.42 Å². The zero-order valence-electron chi connectivity index (χ0n) is 6.22. The van der Waals surface area contributed by atoms with E-state index in [1.165, 1.54) is 7.11 Å². The van der Waals surface area contributed by atoms with Gasteiger partial charge in [-0.25, -0.2) is 8.42 Å². The number of hydrogen-bond acceptors (Lipinski definition) is 3. The molecule has 0 unspecified atom stereocenters. The van der Waals surface area contributed by atoms with Gasteiger partial charge in [0.05, 0.1) is 11.4 Å². The summed E-state index contributed by atoms with van der Waals surface area (Å²) in [6, 6.07) is 0. The highest BCUT2D eigenvalue weighted by atomic mass is 35.7. The monoisotopic (exact) mass is 186 g/mol. The molecule has 0 N–H and O–H groups in total. The molecule has 0 aromatic carbocycles. The van der Waals surface area contributed by atoms with Gasteiger partial charge in [-0.2, -0.15) is 0 Å². The van der Waals surface area contributed by atoms with Crippen molar-refractivity contribution in [2.75, 3.05) is 12.9 Å². The summed E-state index contributed by atoms with van der Waals surface area (Å²) in [5.74, 6) is -0.169. The minimum Gasteiger partial charge on any atom is -0.378 e. The molecule has 0 aromatic heterocycles. The Morgan fingerprint density at radius 1 is 1.50 bits per heavy atom. The Kier molecular flexibility index (Phi) is 3.13. The van der Waals surface area contributed by atoms with Crippen molar-refractivity contribution in [2.45, 2.75) is 19.4 Å². The number of ether oxygens (including phenoxy) is 1. The molecular weight excluding hydrogens is 176 g/mol. The molecule has 0 saturated heterocycles. The van der Waals surface area contributed by atoms with Crippen LogP contribution in [-0.4, -0.2) is 26.9 Å². The van der Waals surface area contributed by atoms with Crippen molar-refractivity contribution in [1.82, 2.24) is 0 Å². The molecular formula is C5H11ClO3S. The minimum absolute atomic E-state index is 0.169. The highest BCUT2D eigenvalue weighted by Gasteiger charge is 2.23. The van der Waals surface area contributed by atoms with Gasteiger partial charge < -0.3 is 4.74 Å². The van der Waals surface area contributed by atoms with Crippen molar-refractivity contribution in [3.05, 3.63) is 0 Å². The highest BCUT2D eigenvalue weighted by molar-refractivity contribution is 8.13. The van der Waals surface area contributed by atoms with Gasteiger partial charge in [0.2, 0.25) is 9.05 Å². The lowest BCUT2D eigenvalue weighted by Crippen LogP contribution is -2.30. The summed E-state index contributed by atoms with van der Waals surface area (Å²) in [6.07, 6.45) is 0. The van der Waals surface area contributed by atoms with Gasteiger partial charge in [-0.05, 0) is 13.8 Å². The zero-order chi connectivity index (χ0) is 8.41. The molecule has 0 radical (unpaired) electrons. The zero-order valence-corrected chi connectivity index (χ0v) is 7.79. The summed E-state index contributed by atoms with van der Waals surface area (Å²) < 4.78 is 25.8. The maximum absolute atomic E-state index is 10.5. The van der Waals surface area contributed by atoms with Crippen molar-refractivity contribution in [1.29, 1.82) is 0 Å². The van der Waals surface area contributed by atoms with Crippen LogP contribution in [0.15, 0.2) is 0 Å². The lowest BCUT2D eigenvalue weighted by Gasteiger charge is -2.20. The third-order valence-electron chi connectivity index (χ3n) is 1.07. The summed E-state index contributed by atoms with van der Waals surface area (Å²) in [5, 5.41) is 0. The van der Waals surface area contributed by atoms with Gasteiger partial charge in [-0.3, -0.25) is 0 Å². The summed E-state index contributed by atoms with van der Waals surface area (Å²) in [5.41, 5.74) is -0.694. The summed E-state index contributed by atoms with van der Waals surface area (Å²) in [7, 11) is 2.99. The van der Waals surface area contributed by atoms with Crippen LogP contribution in [-0.2, 0) is 13.8 Å². The van der Waals surface area contributed by atoms with E-state index in [4.69, 9.17) is 15.4 Å². The van der Waals surface area contributed by atoms with E-state index in [2.05, 4.69) is 0 Å². The van der Waals surface area contributed by atoms with Gasteiger partial charge >= 0.3 is 0 Å². The molecule has 0 aliphatic rings. The third kappa shape index (κ3) is 5.02. The van der Waals surface area contributed by atoms with Crippen LogP contribution >= 0.6 is 10.7 Å². The van der Waals surface area contributed by atoms with Crippen molar-refractivity contribution in [2.24, 2.45) is 0 Å². The second-order valence-corrected chi connectivity index (χ2v) is 5.42. The molecule has 0 saturated carbocycles. The Hall–Kier alpha value is 0.200. The van der Waals surface area contributed by atoms with Crippen LogP contribution in [0, 0.1) is 0 Å². The third-order valence-corrected chi connectivity index (χ3v) is 2.44. The first kappa shape index (κ1) is 10.2. The Morgan fingerprint density at radius 3 is 2.00 bits per heavy atom. The van der Waals surface area contributed by atoms with E-state index in [1.54, 1.807) is 13.8 Å². The van der Waals surface area contributed by atoms with E-state index in [0.29, 0.717) is 0 Å². The molecule has 0 aliphatic heterocycles. The van der Waals surface area contributed by atoms with E-state index in [1.807, 2.05) is 0 Å². The number of halogens is 1. The normalized spacial score (nSPS) is 13.6. The predicted molar refractivity (Wildman–Crippen MR) is 40.7 cm³/mol. The van der Waals surface area contributed by atoms with Crippen LogP contribution in [0.25, 0.3) is 0 Å². The smallest absolute Gasteiger partial charge is 0.235 e. The van der Waals surface area contributed by atoms with Gasteiger partial charge in [0, 0.05) is 17.8 Å². The van der Waals surface area contributed by atoms with Crippen LogP contribution in [0.5, 0.6) is 0 Å². The van der Waals surface area contributed by atoms with Gasteiger partial charge in [0.15, 0.2) is 0 Å². The number of rotatable bonds is 3. The van der Waals surface area contributed by atoms with E-state index in [-0.39, 0.29) is 5.75 Å². The van der Waals surface area contributed by atoms with Crippen LogP contribution in [0.3, 0.4) is 0 Å². The average molecular weight is 187 g/mol. The van der Waals surface area contributed by atoms with Crippen LogP contribution < -0.4 is 0 Å². The predicted octanol–water partition coefficient (Wildman–Crippen LogP) is 0.980. The first-order chi connectivity index (χ1) is 4.27. The SMILES string of the molecule is COC(C)(C)CS(=O)(=O)Cl. The number of methoxy groups -OCH3 is 1. The molecule has 5 heteroatoms. The topological polar surface area (TPSA) is 43.4 Å². The largest absolute Gasteiger partial charge is 0.378 e.